The highest BCUT2D eigenvalue weighted by atomic mass is 35.5. The van der Waals surface area contributed by atoms with Gasteiger partial charge in [-0.05, 0) is 29.8 Å². The zero-order chi connectivity index (χ0) is 20.0. The second-order valence-corrected chi connectivity index (χ2v) is 8.27. The average Bonchev–Trinajstić information content (AvgIpc) is 3.01. The molecule has 0 atom stereocenters. The molecule has 5 nitrogen and oxygen atoms in total. The third kappa shape index (κ3) is 3.05. The van der Waals surface area contributed by atoms with Gasteiger partial charge in [-0.25, -0.2) is 0 Å². The second kappa shape index (κ2) is 7.35. The number of rotatable bonds is 4. The van der Waals surface area contributed by atoms with E-state index in [1.54, 1.807) is 23.2 Å². The van der Waals surface area contributed by atoms with Crippen LogP contribution in [0.4, 0.5) is 5.69 Å². The van der Waals surface area contributed by atoms with E-state index in [4.69, 9.17) is 23.2 Å². The molecule has 1 aliphatic rings. The number of halogens is 2. The Morgan fingerprint density at radius 2 is 2.07 bits per heavy atom. The van der Waals surface area contributed by atoms with Crippen molar-refractivity contribution in [2.45, 2.75) is 13.1 Å². The Balaban J connectivity index is 1.82. The Bertz CT molecular complexity index is 1110. The number of hydrogen-bond donors (Lipinski definition) is 1. The first-order valence-corrected chi connectivity index (χ1v) is 10.5. The molecule has 0 bridgehead atoms. The Morgan fingerprint density at radius 1 is 1.29 bits per heavy atom. The summed E-state index contributed by atoms with van der Waals surface area (Å²) in [6.45, 7) is 0.767. The van der Waals surface area contributed by atoms with Crippen LogP contribution >= 0.6 is 35.1 Å². The van der Waals surface area contributed by atoms with Crippen molar-refractivity contribution in [1.29, 1.82) is 0 Å². The summed E-state index contributed by atoms with van der Waals surface area (Å²) in [5.41, 5.74) is 3.33. The van der Waals surface area contributed by atoms with Crippen molar-refractivity contribution in [3.8, 4) is 5.75 Å². The molecule has 4 rings (SSSR count). The van der Waals surface area contributed by atoms with Crippen LogP contribution < -0.4 is 4.31 Å². The Kier molecular flexibility index (Phi) is 5.04. The first-order chi connectivity index (χ1) is 13.4. The molecular weight excluding hydrogens is 417 g/mol. The minimum atomic E-state index is -0.220. The SMILES string of the molecule is CSN(C)c1c2c(c(O)c3ncccc13)C(=O)N(Cc1ccc(Cl)c(Cl)c1)C2. The van der Waals surface area contributed by atoms with E-state index in [1.807, 2.05) is 35.8 Å². The number of phenolic OH excluding ortho intramolecular Hbond substituents is 1. The quantitative estimate of drug-likeness (QED) is 0.578. The van der Waals surface area contributed by atoms with Gasteiger partial charge in [0, 0.05) is 43.5 Å². The molecule has 0 spiro atoms. The number of aromatic hydroxyl groups is 1. The topological polar surface area (TPSA) is 56.7 Å². The summed E-state index contributed by atoms with van der Waals surface area (Å²) in [6.07, 6.45) is 3.58. The summed E-state index contributed by atoms with van der Waals surface area (Å²) in [5.74, 6) is -0.285. The van der Waals surface area contributed by atoms with Crippen LogP contribution in [0.1, 0.15) is 21.5 Å². The van der Waals surface area contributed by atoms with Crippen molar-refractivity contribution in [2.24, 2.45) is 0 Å². The minimum Gasteiger partial charge on any atom is -0.505 e. The standard InChI is InChI=1S/C20H17Cl2N3O2S/c1-24(28-2)18-12-4-3-7-23-17(12)19(26)16-13(18)10-25(20(16)27)9-11-5-6-14(21)15(22)8-11/h3-8,26H,9-10H2,1-2H3. The van der Waals surface area contributed by atoms with Crippen LogP contribution in [0.5, 0.6) is 5.75 Å². The summed E-state index contributed by atoms with van der Waals surface area (Å²) in [4.78, 5) is 19.1. The average molecular weight is 434 g/mol. The molecule has 1 amide bonds. The van der Waals surface area contributed by atoms with Crippen LogP contribution in [-0.2, 0) is 13.1 Å². The van der Waals surface area contributed by atoms with Crippen molar-refractivity contribution >= 4 is 57.6 Å². The third-order valence-electron chi connectivity index (χ3n) is 4.91. The summed E-state index contributed by atoms with van der Waals surface area (Å²) in [6, 6.07) is 9.06. The number of hydrogen-bond acceptors (Lipinski definition) is 5. The number of pyridine rings is 1. The molecule has 1 aromatic heterocycles. The molecule has 3 aromatic rings. The van der Waals surface area contributed by atoms with E-state index in [0.717, 1.165) is 22.2 Å². The molecule has 0 saturated carbocycles. The zero-order valence-electron chi connectivity index (χ0n) is 15.2. The number of nitrogens with zero attached hydrogens (tertiary/aromatic N) is 3. The van der Waals surface area contributed by atoms with Gasteiger partial charge in [-0.1, -0.05) is 41.2 Å². The predicted molar refractivity (Wildman–Crippen MR) is 115 cm³/mol. The van der Waals surface area contributed by atoms with E-state index >= 15 is 0 Å². The number of carbonyl (C=O) groups excluding carboxylic acids is 1. The molecule has 2 aromatic carbocycles. The van der Waals surface area contributed by atoms with Gasteiger partial charge in [0.1, 0.15) is 5.52 Å². The maximum Gasteiger partial charge on any atom is 0.258 e. The lowest BCUT2D eigenvalue weighted by Crippen LogP contribution is -2.23. The summed E-state index contributed by atoms with van der Waals surface area (Å²) in [7, 11) is 1.94. The van der Waals surface area contributed by atoms with Crippen molar-refractivity contribution in [1.82, 2.24) is 9.88 Å². The third-order valence-corrected chi connectivity index (χ3v) is 6.38. The number of amides is 1. The fraction of sp³-hybridized carbons (Fsp3) is 0.200. The molecule has 0 saturated heterocycles. The largest absolute Gasteiger partial charge is 0.505 e. The van der Waals surface area contributed by atoms with Gasteiger partial charge in [0.2, 0.25) is 0 Å². The number of anilines is 1. The molecule has 0 aliphatic carbocycles. The monoisotopic (exact) mass is 433 g/mol. The molecule has 0 unspecified atom stereocenters. The van der Waals surface area contributed by atoms with Crippen molar-refractivity contribution in [3.05, 3.63) is 63.3 Å². The Labute approximate surface area is 177 Å². The number of fused-ring (bicyclic) bond motifs is 2. The van der Waals surface area contributed by atoms with E-state index < -0.39 is 0 Å². The lowest BCUT2D eigenvalue weighted by atomic mass is 10.0. The van der Waals surface area contributed by atoms with Crippen molar-refractivity contribution in [2.75, 3.05) is 17.6 Å². The normalized spacial score (nSPS) is 13.3. The first-order valence-electron chi connectivity index (χ1n) is 8.56. The molecule has 0 fully saturated rings. The molecule has 28 heavy (non-hydrogen) atoms. The minimum absolute atomic E-state index is 0.0644. The van der Waals surface area contributed by atoms with Crippen molar-refractivity contribution in [3.63, 3.8) is 0 Å². The number of benzene rings is 2. The number of phenols is 1. The summed E-state index contributed by atoms with van der Waals surface area (Å²) < 4.78 is 2.00. The number of aromatic nitrogens is 1. The van der Waals surface area contributed by atoms with Gasteiger partial charge in [-0.3, -0.25) is 9.78 Å². The summed E-state index contributed by atoms with van der Waals surface area (Å²) in [5, 5.41) is 12.5. The first kappa shape index (κ1) is 19.2. The highest BCUT2D eigenvalue weighted by Crippen LogP contribution is 2.45. The maximum atomic E-state index is 13.1. The molecule has 2 heterocycles. The van der Waals surface area contributed by atoms with Crippen LogP contribution in [0.2, 0.25) is 10.0 Å². The molecule has 1 aliphatic heterocycles. The maximum absolute atomic E-state index is 13.1. The lowest BCUT2D eigenvalue weighted by molar-refractivity contribution is 0.0764. The smallest absolute Gasteiger partial charge is 0.258 e. The highest BCUT2D eigenvalue weighted by Gasteiger charge is 2.35. The van der Waals surface area contributed by atoms with E-state index in [0.29, 0.717) is 34.2 Å². The molecule has 144 valence electrons. The molecule has 1 N–H and O–H groups in total. The van der Waals surface area contributed by atoms with Gasteiger partial charge in [0.15, 0.2) is 5.75 Å². The predicted octanol–water partition coefficient (Wildman–Crippen LogP) is 5.12. The fourth-order valence-corrected chi connectivity index (χ4v) is 4.28. The molecule has 0 radical (unpaired) electrons. The summed E-state index contributed by atoms with van der Waals surface area (Å²) >= 11 is 13.6. The van der Waals surface area contributed by atoms with Crippen LogP contribution in [-0.4, -0.2) is 34.2 Å². The van der Waals surface area contributed by atoms with Gasteiger partial charge in [0.25, 0.3) is 5.91 Å². The second-order valence-electron chi connectivity index (χ2n) is 6.54. The van der Waals surface area contributed by atoms with Gasteiger partial charge in [-0.15, -0.1) is 0 Å². The highest BCUT2D eigenvalue weighted by molar-refractivity contribution is 7.99. The Hall–Kier alpha value is -2.15. The van der Waals surface area contributed by atoms with E-state index in [9.17, 15) is 9.90 Å². The van der Waals surface area contributed by atoms with Gasteiger partial charge in [-0.2, -0.15) is 0 Å². The van der Waals surface area contributed by atoms with E-state index in [1.165, 1.54) is 11.9 Å². The molecule has 8 heteroatoms. The number of carbonyl (C=O) groups is 1. The van der Waals surface area contributed by atoms with Crippen LogP contribution in [0.3, 0.4) is 0 Å². The van der Waals surface area contributed by atoms with Crippen LogP contribution in [0, 0.1) is 0 Å². The Morgan fingerprint density at radius 3 is 2.79 bits per heavy atom. The van der Waals surface area contributed by atoms with Gasteiger partial charge < -0.3 is 14.3 Å². The molecular formula is C20H17Cl2N3O2S. The van der Waals surface area contributed by atoms with Gasteiger partial charge >= 0.3 is 0 Å². The zero-order valence-corrected chi connectivity index (χ0v) is 17.6. The fourth-order valence-electron chi connectivity index (χ4n) is 3.57. The van der Waals surface area contributed by atoms with Crippen LogP contribution in [0.25, 0.3) is 10.9 Å². The van der Waals surface area contributed by atoms with Gasteiger partial charge in [0.05, 0.1) is 21.3 Å². The van der Waals surface area contributed by atoms with Crippen LogP contribution in [0.15, 0.2) is 36.5 Å². The van der Waals surface area contributed by atoms with E-state index in [2.05, 4.69) is 4.98 Å². The lowest BCUT2D eigenvalue weighted by Gasteiger charge is -2.22. The van der Waals surface area contributed by atoms with E-state index in [-0.39, 0.29) is 11.7 Å². The van der Waals surface area contributed by atoms with Crippen molar-refractivity contribution < 1.29 is 9.90 Å².